The fourth-order valence-electron chi connectivity index (χ4n) is 5.05. The van der Waals surface area contributed by atoms with Gasteiger partial charge in [0.2, 0.25) is 0 Å². The summed E-state index contributed by atoms with van der Waals surface area (Å²) in [6, 6.07) is 34.0. The minimum Gasteiger partial charge on any atom is -0.456 e. The van der Waals surface area contributed by atoms with Gasteiger partial charge in [0.05, 0.1) is 12.7 Å². The van der Waals surface area contributed by atoms with Crippen LogP contribution >= 0.6 is 0 Å². The van der Waals surface area contributed by atoms with Crippen LogP contribution in [0.2, 0.25) is 0 Å². The number of fused-ring (bicyclic) bond motifs is 3. The summed E-state index contributed by atoms with van der Waals surface area (Å²) < 4.78 is 12.8. The van der Waals surface area contributed by atoms with Gasteiger partial charge in [0.15, 0.2) is 0 Å². The number of benzene rings is 4. The molecular formula is C30H27NO2. The third-order valence-corrected chi connectivity index (χ3v) is 6.79. The van der Waals surface area contributed by atoms with Gasteiger partial charge in [0.25, 0.3) is 0 Å². The van der Waals surface area contributed by atoms with Crippen LogP contribution in [0.4, 0.5) is 0 Å². The van der Waals surface area contributed by atoms with E-state index in [1.54, 1.807) is 0 Å². The lowest BCUT2D eigenvalue weighted by molar-refractivity contribution is 0.0107. The number of piperidine rings is 1. The number of ether oxygens (including phenoxy) is 1. The molecule has 2 atom stereocenters. The van der Waals surface area contributed by atoms with Gasteiger partial charge in [-0.3, -0.25) is 0 Å². The van der Waals surface area contributed by atoms with E-state index in [2.05, 4.69) is 90.2 Å². The average molecular weight is 434 g/mol. The number of nitrogens with one attached hydrogen (secondary N) is 1. The lowest BCUT2D eigenvalue weighted by Gasteiger charge is -2.32. The van der Waals surface area contributed by atoms with Crippen LogP contribution < -0.4 is 5.32 Å². The Kier molecular flexibility index (Phi) is 5.43. The fourth-order valence-corrected chi connectivity index (χ4v) is 5.05. The molecule has 0 spiro atoms. The summed E-state index contributed by atoms with van der Waals surface area (Å²) in [4.78, 5) is 0. The number of furan rings is 1. The second kappa shape index (κ2) is 8.86. The van der Waals surface area contributed by atoms with E-state index < -0.39 is 0 Å². The van der Waals surface area contributed by atoms with E-state index in [1.807, 2.05) is 12.1 Å². The van der Waals surface area contributed by atoms with Gasteiger partial charge >= 0.3 is 0 Å². The van der Waals surface area contributed by atoms with Crippen LogP contribution in [0.1, 0.15) is 23.5 Å². The van der Waals surface area contributed by atoms with Crippen LogP contribution in [0, 0.1) is 0 Å². The van der Waals surface area contributed by atoms with Gasteiger partial charge in [-0.05, 0) is 35.7 Å². The van der Waals surface area contributed by atoms with Crippen molar-refractivity contribution in [3.63, 3.8) is 0 Å². The highest BCUT2D eigenvalue weighted by Gasteiger charge is 2.29. The summed E-state index contributed by atoms with van der Waals surface area (Å²) in [7, 11) is 0. The van der Waals surface area contributed by atoms with Gasteiger partial charge in [-0.1, -0.05) is 91.0 Å². The van der Waals surface area contributed by atoms with E-state index >= 15 is 0 Å². The smallest absolute Gasteiger partial charge is 0.138 e. The monoisotopic (exact) mass is 433 g/mol. The minimum absolute atomic E-state index is 0.103. The first-order chi connectivity index (χ1) is 16.4. The van der Waals surface area contributed by atoms with Crippen LogP contribution in [0.5, 0.6) is 0 Å². The summed E-state index contributed by atoms with van der Waals surface area (Å²) in [5.74, 6) is 0.305. The first kappa shape index (κ1) is 20.2. The summed E-state index contributed by atoms with van der Waals surface area (Å²) >= 11 is 0. The second-order valence-electron chi connectivity index (χ2n) is 8.83. The Bertz CT molecular complexity index is 1370. The molecule has 3 nitrogen and oxygen atoms in total. The average Bonchev–Trinajstić information content (AvgIpc) is 3.27. The molecule has 164 valence electrons. The largest absolute Gasteiger partial charge is 0.456 e. The third-order valence-electron chi connectivity index (χ3n) is 6.79. The van der Waals surface area contributed by atoms with Crippen molar-refractivity contribution in [2.24, 2.45) is 0 Å². The highest BCUT2D eigenvalue weighted by molar-refractivity contribution is 6.05. The lowest BCUT2D eigenvalue weighted by Crippen LogP contribution is -2.41. The molecule has 5 aromatic rings. The topological polar surface area (TPSA) is 34.4 Å². The Labute approximate surface area is 194 Å². The summed E-state index contributed by atoms with van der Waals surface area (Å²) in [5.41, 5.74) is 6.88. The van der Waals surface area contributed by atoms with Crippen LogP contribution in [-0.2, 0) is 11.3 Å². The molecule has 33 heavy (non-hydrogen) atoms. The molecule has 0 amide bonds. The maximum absolute atomic E-state index is 6.50. The van der Waals surface area contributed by atoms with Crippen molar-refractivity contribution in [2.45, 2.75) is 25.0 Å². The molecule has 1 N–H and O–H groups in total. The van der Waals surface area contributed by atoms with E-state index in [4.69, 9.17) is 9.15 Å². The van der Waals surface area contributed by atoms with Gasteiger partial charge in [-0.2, -0.15) is 0 Å². The second-order valence-corrected chi connectivity index (χ2v) is 8.83. The molecule has 1 aliphatic rings. The zero-order valence-electron chi connectivity index (χ0n) is 18.5. The molecule has 2 heterocycles. The third kappa shape index (κ3) is 3.95. The standard InChI is InChI=1S/C30H27NO2/c1-2-7-22(8-3-1)23-15-13-21(14-16-23)20-32-29-19-31-18-17-25(29)27-11-6-10-26-24-9-4-5-12-28(24)33-30(26)27/h1-16,25,29,31H,17-20H2. The van der Waals surface area contributed by atoms with E-state index in [1.165, 1.54) is 33.0 Å². The molecule has 3 heteroatoms. The van der Waals surface area contributed by atoms with Crippen molar-refractivity contribution in [1.82, 2.24) is 5.32 Å². The van der Waals surface area contributed by atoms with E-state index in [0.29, 0.717) is 12.5 Å². The maximum atomic E-state index is 6.50. The molecule has 0 saturated carbocycles. The van der Waals surface area contributed by atoms with Gasteiger partial charge in [-0.15, -0.1) is 0 Å². The summed E-state index contributed by atoms with van der Waals surface area (Å²) in [6.07, 6.45) is 1.14. The molecule has 4 aromatic carbocycles. The van der Waals surface area contributed by atoms with Gasteiger partial charge in [0.1, 0.15) is 11.2 Å². The van der Waals surface area contributed by atoms with Gasteiger partial charge in [0, 0.05) is 28.8 Å². The van der Waals surface area contributed by atoms with Gasteiger partial charge in [-0.25, -0.2) is 0 Å². The van der Waals surface area contributed by atoms with E-state index in [9.17, 15) is 0 Å². The molecular weight excluding hydrogens is 406 g/mol. The number of para-hydroxylation sites is 2. The van der Waals surface area contributed by atoms with Crippen molar-refractivity contribution in [2.75, 3.05) is 13.1 Å². The Morgan fingerprint density at radius 3 is 2.39 bits per heavy atom. The van der Waals surface area contributed by atoms with Crippen molar-refractivity contribution in [3.05, 3.63) is 108 Å². The molecule has 2 unspecified atom stereocenters. The quantitative estimate of drug-likeness (QED) is 0.327. The zero-order valence-corrected chi connectivity index (χ0v) is 18.5. The van der Waals surface area contributed by atoms with Crippen molar-refractivity contribution < 1.29 is 9.15 Å². The van der Waals surface area contributed by atoms with Crippen LogP contribution in [-0.4, -0.2) is 19.2 Å². The first-order valence-electron chi connectivity index (χ1n) is 11.7. The number of hydrogen-bond donors (Lipinski definition) is 1. The predicted molar refractivity (Wildman–Crippen MR) is 134 cm³/mol. The number of rotatable bonds is 5. The lowest BCUT2D eigenvalue weighted by atomic mass is 9.86. The predicted octanol–water partition coefficient (Wildman–Crippen LogP) is 6.92. The van der Waals surface area contributed by atoms with Gasteiger partial charge < -0.3 is 14.5 Å². The fraction of sp³-hybridized carbons (Fsp3) is 0.200. The summed E-state index contributed by atoms with van der Waals surface area (Å²) in [6.45, 7) is 2.45. The molecule has 1 aromatic heterocycles. The Balaban J connectivity index is 1.24. The highest BCUT2D eigenvalue weighted by atomic mass is 16.5. The molecule has 1 saturated heterocycles. The SMILES string of the molecule is c1ccc(-c2ccc(COC3CNCCC3c3cccc4c3oc3ccccc34)cc2)cc1. The Hall–Kier alpha value is -3.40. The molecule has 0 bridgehead atoms. The van der Waals surface area contributed by atoms with Crippen molar-refractivity contribution in [3.8, 4) is 11.1 Å². The molecule has 1 fully saturated rings. The summed E-state index contributed by atoms with van der Waals surface area (Å²) in [5, 5.41) is 5.89. The minimum atomic E-state index is 0.103. The Morgan fingerprint density at radius 2 is 1.52 bits per heavy atom. The molecule has 0 radical (unpaired) electrons. The number of hydrogen-bond acceptors (Lipinski definition) is 3. The van der Waals surface area contributed by atoms with Crippen LogP contribution in [0.25, 0.3) is 33.1 Å². The first-order valence-corrected chi connectivity index (χ1v) is 11.7. The molecule has 1 aliphatic heterocycles. The highest BCUT2D eigenvalue weighted by Crippen LogP contribution is 2.37. The van der Waals surface area contributed by atoms with Crippen molar-refractivity contribution in [1.29, 1.82) is 0 Å². The Morgan fingerprint density at radius 1 is 0.758 bits per heavy atom. The normalized spacial score (nSPS) is 18.7. The maximum Gasteiger partial charge on any atom is 0.138 e. The van der Waals surface area contributed by atoms with Crippen LogP contribution in [0.15, 0.2) is 101 Å². The zero-order chi connectivity index (χ0) is 22.0. The van der Waals surface area contributed by atoms with E-state index in [0.717, 1.165) is 30.7 Å². The van der Waals surface area contributed by atoms with Crippen molar-refractivity contribution >= 4 is 21.9 Å². The molecule has 0 aliphatic carbocycles. The molecule has 6 rings (SSSR count). The van der Waals surface area contributed by atoms with E-state index in [-0.39, 0.29) is 6.10 Å². The van der Waals surface area contributed by atoms with Crippen LogP contribution in [0.3, 0.4) is 0 Å².